The van der Waals surface area contributed by atoms with Crippen molar-refractivity contribution in [3.63, 3.8) is 0 Å². The predicted molar refractivity (Wildman–Crippen MR) is 92.8 cm³/mol. The third kappa shape index (κ3) is 3.33. The molecule has 0 bridgehead atoms. The molecule has 0 aliphatic heterocycles. The van der Waals surface area contributed by atoms with E-state index in [1.54, 1.807) is 0 Å². The highest BCUT2D eigenvalue weighted by atomic mass is 79.9. The van der Waals surface area contributed by atoms with E-state index in [4.69, 9.17) is 0 Å². The number of halogens is 1. The second-order valence-electron chi connectivity index (χ2n) is 5.32. The van der Waals surface area contributed by atoms with Crippen molar-refractivity contribution < 1.29 is 0 Å². The van der Waals surface area contributed by atoms with Gasteiger partial charge in [-0.15, -0.1) is 11.3 Å². The zero-order valence-corrected chi connectivity index (χ0v) is 15.0. The van der Waals surface area contributed by atoms with Crippen LogP contribution in [0.1, 0.15) is 46.5 Å². The normalized spacial score (nSPS) is 12.7. The number of thiophene rings is 1. The molecule has 0 radical (unpaired) electrons. The molecular formula is C17H22BrNS. The maximum absolute atomic E-state index is 3.70. The molecule has 3 heteroatoms. The lowest BCUT2D eigenvalue weighted by atomic mass is 9.98. The predicted octanol–water partition coefficient (Wildman–Crippen LogP) is 5.52. The maximum Gasteiger partial charge on any atom is 0.0673 e. The lowest BCUT2D eigenvalue weighted by molar-refractivity contribution is 0.603. The van der Waals surface area contributed by atoms with Crippen LogP contribution < -0.4 is 5.32 Å². The molecule has 1 aromatic carbocycles. The van der Waals surface area contributed by atoms with Crippen LogP contribution in [0.4, 0.5) is 0 Å². The van der Waals surface area contributed by atoms with E-state index in [1.165, 1.54) is 31.6 Å². The molecule has 0 saturated heterocycles. The first-order valence-electron chi connectivity index (χ1n) is 7.08. The van der Waals surface area contributed by atoms with Crippen LogP contribution in [-0.2, 0) is 0 Å². The van der Waals surface area contributed by atoms with Crippen LogP contribution in [-0.4, -0.2) is 6.54 Å². The van der Waals surface area contributed by atoms with Gasteiger partial charge >= 0.3 is 0 Å². The summed E-state index contributed by atoms with van der Waals surface area (Å²) in [5.41, 5.74) is 5.35. The molecule has 0 amide bonds. The van der Waals surface area contributed by atoms with Crippen LogP contribution in [0.3, 0.4) is 0 Å². The fraction of sp³-hybridized carbons (Fsp3) is 0.412. The van der Waals surface area contributed by atoms with Crippen LogP contribution >= 0.6 is 27.3 Å². The summed E-state index contributed by atoms with van der Waals surface area (Å²) in [6.07, 6.45) is 1.15. The Kier molecular flexibility index (Phi) is 5.42. The van der Waals surface area contributed by atoms with Gasteiger partial charge in [-0.25, -0.2) is 0 Å². The SMILES string of the molecule is CCCNC(c1cc(C)c(Br)c(C)c1)c1sccc1C. The van der Waals surface area contributed by atoms with Gasteiger partial charge in [-0.05, 0) is 67.4 Å². The molecule has 1 aromatic heterocycles. The van der Waals surface area contributed by atoms with Crippen molar-refractivity contribution in [2.75, 3.05) is 6.54 Å². The standard InChI is InChI=1S/C17H22BrNS/c1-5-7-19-16(17-11(2)6-8-20-17)14-9-12(3)15(18)13(4)10-14/h6,8-10,16,19H,5,7H2,1-4H3. The summed E-state index contributed by atoms with van der Waals surface area (Å²) in [6.45, 7) is 9.78. The zero-order chi connectivity index (χ0) is 14.7. The fourth-order valence-electron chi connectivity index (χ4n) is 2.48. The molecule has 20 heavy (non-hydrogen) atoms. The summed E-state index contributed by atoms with van der Waals surface area (Å²) in [6, 6.07) is 7.10. The van der Waals surface area contributed by atoms with E-state index in [-0.39, 0.29) is 0 Å². The average Bonchev–Trinajstić information content (AvgIpc) is 2.83. The number of hydrogen-bond acceptors (Lipinski definition) is 2. The van der Waals surface area contributed by atoms with Crippen molar-refractivity contribution in [3.8, 4) is 0 Å². The topological polar surface area (TPSA) is 12.0 Å². The summed E-state index contributed by atoms with van der Waals surface area (Å²) >= 11 is 5.51. The monoisotopic (exact) mass is 351 g/mol. The van der Waals surface area contributed by atoms with Gasteiger partial charge in [0.05, 0.1) is 6.04 Å². The Bertz CT molecular complexity index is 565. The van der Waals surface area contributed by atoms with Gasteiger partial charge in [0.2, 0.25) is 0 Å². The first-order chi connectivity index (χ1) is 9.54. The minimum Gasteiger partial charge on any atom is -0.306 e. The van der Waals surface area contributed by atoms with Crippen LogP contribution in [0.25, 0.3) is 0 Å². The van der Waals surface area contributed by atoms with E-state index >= 15 is 0 Å². The fourth-order valence-corrected chi connectivity index (χ4v) is 3.73. The summed E-state index contributed by atoms with van der Waals surface area (Å²) in [4.78, 5) is 1.43. The Morgan fingerprint density at radius 1 is 1.15 bits per heavy atom. The Hall–Kier alpha value is -0.640. The maximum atomic E-state index is 3.70. The van der Waals surface area contributed by atoms with Crippen molar-refractivity contribution in [2.24, 2.45) is 0 Å². The smallest absolute Gasteiger partial charge is 0.0673 e. The van der Waals surface area contributed by atoms with Crippen molar-refractivity contribution in [2.45, 2.75) is 40.2 Å². The van der Waals surface area contributed by atoms with Gasteiger partial charge in [-0.3, -0.25) is 0 Å². The molecule has 1 atom stereocenters. The molecule has 0 aliphatic rings. The molecule has 1 nitrogen and oxygen atoms in total. The zero-order valence-electron chi connectivity index (χ0n) is 12.6. The Morgan fingerprint density at radius 3 is 2.30 bits per heavy atom. The quantitative estimate of drug-likeness (QED) is 0.747. The van der Waals surface area contributed by atoms with Gasteiger partial charge < -0.3 is 5.32 Å². The highest BCUT2D eigenvalue weighted by Crippen LogP contribution is 2.32. The van der Waals surface area contributed by atoms with Gasteiger partial charge in [0.25, 0.3) is 0 Å². The molecule has 1 N–H and O–H groups in total. The minimum absolute atomic E-state index is 0.306. The molecular weight excluding hydrogens is 330 g/mol. The number of benzene rings is 1. The third-order valence-electron chi connectivity index (χ3n) is 3.55. The van der Waals surface area contributed by atoms with E-state index in [0.717, 1.165) is 13.0 Å². The largest absolute Gasteiger partial charge is 0.306 e. The third-order valence-corrected chi connectivity index (χ3v) is 5.89. The molecule has 1 unspecified atom stereocenters. The van der Waals surface area contributed by atoms with E-state index in [0.29, 0.717) is 6.04 Å². The number of rotatable bonds is 5. The van der Waals surface area contributed by atoms with E-state index in [9.17, 15) is 0 Å². The number of aryl methyl sites for hydroxylation is 3. The van der Waals surface area contributed by atoms with Gasteiger partial charge in [0, 0.05) is 9.35 Å². The average molecular weight is 352 g/mol. The van der Waals surface area contributed by atoms with Crippen molar-refractivity contribution in [3.05, 3.63) is 55.2 Å². The van der Waals surface area contributed by atoms with Gasteiger partial charge in [-0.2, -0.15) is 0 Å². The summed E-state index contributed by atoms with van der Waals surface area (Å²) in [5.74, 6) is 0. The number of hydrogen-bond donors (Lipinski definition) is 1. The van der Waals surface area contributed by atoms with Crippen LogP contribution in [0.15, 0.2) is 28.1 Å². The van der Waals surface area contributed by atoms with Crippen molar-refractivity contribution in [1.82, 2.24) is 5.32 Å². The van der Waals surface area contributed by atoms with Gasteiger partial charge in [-0.1, -0.05) is 35.0 Å². The molecule has 2 rings (SSSR count). The second-order valence-corrected chi connectivity index (χ2v) is 7.06. The first kappa shape index (κ1) is 15.7. The van der Waals surface area contributed by atoms with Gasteiger partial charge in [0.1, 0.15) is 0 Å². The van der Waals surface area contributed by atoms with E-state index < -0.39 is 0 Å². The molecule has 2 aromatic rings. The molecule has 108 valence electrons. The lowest BCUT2D eigenvalue weighted by Gasteiger charge is -2.21. The summed E-state index contributed by atoms with van der Waals surface area (Å²) < 4.78 is 1.22. The molecule has 0 spiro atoms. The lowest BCUT2D eigenvalue weighted by Crippen LogP contribution is -2.23. The Morgan fingerprint density at radius 2 is 1.80 bits per heavy atom. The molecule has 0 aliphatic carbocycles. The summed E-state index contributed by atoms with van der Waals surface area (Å²) in [7, 11) is 0. The van der Waals surface area contributed by atoms with Crippen LogP contribution in [0, 0.1) is 20.8 Å². The molecule has 0 fully saturated rings. The van der Waals surface area contributed by atoms with Crippen molar-refractivity contribution in [1.29, 1.82) is 0 Å². The Labute approximate surface area is 134 Å². The molecule has 0 saturated carbocycles. The highest BCUT2D eigenvalue weighted by Gasteiger charge is 2.18. The van der Waals surface area contributed by atoms with Crippen LogP contribution in [0.5, 0.6) is 0 Å². The summed E-state index contributed by atoms with van der Waals surface area (Å²) in [5, 5.41) is 5.88. The highest BCUT2D eigenvalue weighted by molar-refractivity contribution is 9.10. The Balaban J connectivity index is 2.44. The number of nitrogens with one attached hydrogen (secondary N) is 1. The second kappa shape index (κ2) is 6.88. The van der Waals surface area contributed by atoms with Crippen molar-refractivity contribution >= 4 is 27.3 Å². The van der Waals surface area contributed by atoms with Gasteiger partial charge in [0.15, 0.2) is 0 Å². The van der Waals surface area contributed by atoms with E-state index in [2.05, 4.69) is 72.5 Å². The van der Waals surface area contributed by atoms with Crippen LogP contribution in [0.2, 0.25) is 0 Å². The van der Waals surface area contributed by atoms with E-state index in [1.807, 2.05) is 11.3 Å². The molecule has 1 heterocycles. The first-order valence-corrected chi connectivity index (χ1v) is 8.75. The minimum atomic E-state index is 0.306.